The van der Waals surface area contributed by atoms with E-state index in [1.54, 1.807) is 0 Å². The molecule has 0 saturated carbocycles. The summed E-state index contributed by atoms with van der Waals surface area (Å²) in [5.41, 5.74) is 6.91. The molecule has 3 rings (SSSR count). The number of likely N-dealkylation sites (tertiary alicyclic amines) is 1. The summed E-state index contributed by atoms with van der Waals surface area (Å²) in [4.78, 5) is 14.2. The molecule has 1 aliphatic rings. The maximum absolute atomic E-state index is 12.2. The highest BCUT2D eigenvalue weighted by atomic mass is 35.5. The predicted octanol–water partition coefficient (Wildman–Crippen LogP) is 3.00. The summed E-state index contributed by atoms with van der Waals surface area (Å²) < 4.78 is 0. The lowest BCUT2D eigenvalue weighted by Crippen LogP contribution is -2.29. The van der Waals surface area contributed by atoms with E-state index >= 15 is 0 Å². The van der Waals surface area contributed by atoms with Crippen LogP contribution in [0.5, 0.6) is 0 Å². The Morgan fingerprint density at radius 1 is 1.18 bits per heavy atom. The molecule has 3 nitrogen and oxygen atoms in total. The van der Waals surface area contributed by atoms with Crippen LogP contribution in [0.25, 0.3) is 10.8 Å². The lowest BCUT2D eigenvalue weighted by Gasteiger charge is -2.16. The fourth-order valence-corrected chi connectivity index (χ4v) is 3.06. The molecule has 0 bridgehead atoms. The number of halogens is 1. The molecule has 4 heteroatoms. The van der Waals surface area contributed by atoms with Crippen molar-refractivity contribution in [2.45, 2.75) is 19.3 Å². The molecule has 1 aliphatic heterocycles. The van der Waals surface area contributed by atoms with Gasteiger partial charge in [-0.3, -0.25) is 4.79 Å². The molecular formula is C18H23ClN2O. The topological polar surface area (TPSA) is 46.3 Å². The van der Waals surface area contributed by atoms with Gasteiger partial charge in [-0.2, -0.15) is 0 Å². The largest absolute Gasteiger partial charge is 0.342 e. The minimum atomic E-state index is 0. The van der Waals surface area contributed by atoms with Gasteiger partial charge in [-0.25, -0.2) is 0 Å². The molecule has 1 heterocycles. The van der Waals surface area contributed by atoms with Crippen LogP contribution in [-0.4, -0.2) is 30.4 Å². The van der Waals surface area contributed by atoms with Crippen molar-refractivity contribution in [1.29, 1.82) is 0 Å². The van der Waals surface area contributed by atoms with Gasteiger partial charge in [0.25, 0.3) is 0 Å². The van der Waals surface area contributed by atoms with E-state index in [4.69, 9.17) is 5.73 Å². The Labute approximate surface area is 137 Å². The number of fused-ring (bicyclic) bond motifs is 1. The summed E-state index contributed by atoms with van der Waals surface area (Å²) in [5, 5.41) is 2.49. The molecule has 118 valence electrons. The Bertz CT molecular complexity index is 644. The zero-order valence-electron chi connectivity index (χ0n) is 12.7. The summed E-state index contributed by atoms with van der Waals surface area (Å²) in [7, 11) is 0. The standard InChI is InChI=1S/C18H22N2O.ClH/c19-12-15-9-10-20(13-15)18(21)8-6-14-5-7-16-3-1-2-4-17(16)11-14;/h1-5,7,11,15H,6,8-10,12-13,19H2;1H. The fraction of sp³-hybridized carbons (Fsp3) is 0.389. The third kappa shape index (κ3) is 3.79. The fourth-order valence-electron chi connectivity index (χ4n) is 3.06. The zero-order chi connectivity index (χ0) is 14.7. The van der Waals surface area contributed by atoms with Gasteiger partial charge in [-0.05, 0) is 41.6 Å². The highest BCUT2D eigenvalue weighted by molar-refractivity contribution is 5.85. The maximum atomic E-state index is 12.2. The van der Waals surface area contributed by atoms with Crippen LogP contribution in [0.4, 0.5) is 0 Å². The highest BCUT2D eigenvalue weighted by Gasteiger charge is 2.24. The molecular weight excluding hydrogens is 296 g/mol. The first-order valence-electron chi connectivity index (χ1n) is 7.72. The van der Waals surface area contributed by atoms with Gasteiger partial charge in [0, 0.05) is 19.5 Å². The number of aryl methyl sites for hydroxylation is 1. The number of hydrogen-bond donors (Lipinski definition) is 1. The molecule has 22 heavy (non-hydrogen) atoms. The van der Waals surface area contributed by atoms with Crippen molar-refractivity contribution in [2.24, 2.45) is 11.7 Å². The molecule has 1 fully saturated rings. The zero-order valence-corrected chi connectivity index (χ0v) is 13.5. The number of carbonyl (C=O) groups excluding carboxylic acids is 1. The number of benzene rings is 2. The van der Waals surface area contributed by atoms with Crippen molar-refractivity contribution in [1.82, 2.24) is 4.90 Å². The first-order valence-corrected chi connectivity index (χ1v) is 7.72. The number of carbonyl (C=O) groups is 1. The van der Waals surface area contributed by atoms with Crippen LogP contribution in [0.15, 0.2) is 42.5 Å². The summed E-state index contributed by atoms with van der Waals surface area (Å²) in [6.07, 6.45) is 2.46. The molecule has 2 N–H and O–H groups in total. The van der Waals surface area contributed by atoms with Crippen molar-refractivity contribution in [3.05, 3.63) is 48.0 Å². The Balaban J connectivity index is 0.00000176. The molecule has 1 unspecified atom stereocenters. The minimum absolute atomic E-state index is 0. The quantitative estimate of drug-likeness (QED) is 0.942. The van der Waals surface area contributed by atoms with Crippen LogP contribution in [0.3, 0.4) is 0 Å². The van der Waals surface area contributed by atoms with E-state index in [2.05, 4.69) is 36.4 Å². The van der Waals surface area contributed by atoms with Gasteiger partial charge in [0.2, 0.25) is 5.91 Å². The van der Waals surface area contributed by atoms with Gasteiger partial charge >= 0.3 is 0 Å². The predicted molar refractivity (Wildman–Crippen MR) is 93.3 cm³/mol. The Morgan fingerprint density at radius 2 is 1.95 bits per heavy atom. The molecule has 0 spiro atoms. The molecule has 0 aliphatic carbocycles. The second kappa shape index (κ2) is 7.61. The Morgan fingerprint density at radius 3 is 2.68 bits per heavy atom. The summed E-state index contributed by atoms with van der Waals surface area (Å²) in [5.74, 6) is 0.758. The molecule has 2 aromatic rings. The molecule has 1 atom stereocenters. The highest BCUT2D eigenvalue weighted by Crippen LogP contribution is 2.19. The number of nitrogens with zero attached hydrogens (tertiary/aromatic N) is 1. The average molecular weight is 319 g/mol. The van der Waals surface area contributed by atoms with Crippen LogP contribution in [0, 0.1) is 5.92 Å². The summed E-state index contributed by atoms with van der Waals surface area (Å²) in [6, 6.07) is 14.8. The van der Waals surface area contributed by atoms with Gasteiger partial charge in [-0.1, -0.05) is 42.5 Å². The first kappa shape index (κ1) is 16.8. The van der Waals surface area contributed by atoms with E-state index in [9.17, 15) is 4.79 Å². The van der Waals surface area contributed by atoms with Crippen molar-refractivity contribution in [3.63, 3.8) is 0 Å². The van der Waals surface area contributed by atoms with E-state index < -0.39 is 0 Å². The van der Waals surface area contributed by atoms with E-state index in [0.29, 0.717) is 18.9 Å². The second-order valence-electron chi connectivity index (χ2n) is 5.91. The van der Waals surface area contributed by atoms with Gasteiger partial charge in [0.1, 0.15) is 0 Å². The third-order valence-electron chi connectivity index (χ3n) is 4.41. The van der Waals surface area contributed by atoms with Gasteiger partial charge < -0.3 is 10.6 Å². The lowest BCUT2D eigenvalue weighted by molar-refractivity contribution is -0.130. The minimum Gasteiger partial charge on any atom is -0.342 e. The summed E-state index contributed by atoms with van der Waals surface area (Å²) >= 11 is 0. The molecule has 1 saturated heterocycles. The van der Waals surface area contributed by atoms with E-state index in [0.717, 1.165) is 25.9 Å². The van der Waals surface area contributed by atoms with Crippen LogP contribution >= 0.6 is 12.4 Å². The van der Waals surface area contributed by atoms with E-state index in [-0.39, 0.29) is 18.3 Å². The van der Waals surface area contributed by atoms with Crippen molar-refractivity contribution in [3.8, 4) is 0 Å². The van der Waals surface area contributed by atoms with Gasteiger partial charge in [-0.15, -0.1) is 12.4 Å². The number of hydrogen-bond acceptors (Lipinski definition) is 2. The van der Waals surface area contributed by atoms with Crippen LogP contribution in [0.2, 0.25) is 0 Å². The van der Waals surface area contributed by atoms with Crippen molar-refractivity contribution >= 4 is 29.1 Å². The Hall–Kier alpha value is -1.58. The number of amides is 1. The summed E-state index contributed by atoms with van der Waals surface area (Å²) in [6.45, 7) is 2.40. The SMILES string of the molecule is Cl.NCC1CCN(C(=O)CCc2ccc3ccccc3c2)C1. The second-order valence-corrected chi connectivity index (χ2v) is 5.91. The van der Waals surface area contributed by atoms with Gasteiger partial charge in [0.15, 0.2) is 0 Å². The molecule has 2 aromatic carbocycles. The maximum Gasteiger partial charge on any atom is 0.222 e. The van der Waals surface area contributed by atoms with Crippen LogP contribution < -0.4 is 5.73 Å². The molecule has 0 radical (unpaired) electrons. The smallest absolute Gasteiger partial charge is 0.222 e. The Kier molecular flexibility index (Phi) is 5.81. The normalized spacial score (nSPS) is 17.5. The molecule has 1 amide bonds. The average Bonchev–Trinajstić information content (AvgIpc) is 3.01. The van der Waals surface area contributed by atoms with Gasteiger partial charge in [0.05, 0.1) is 0 Å². The molecule has 0 aromatic heterocycles. The van der Waals surface area contributed by atoms with Crippen LogP contribution in [-0.2, 0) is 11.2 Å². The third-order valence-corrected chi connectivity index (χ3v) is 4.41. The monoisotopic (exact) mass is 318 g/mol. The van der Waals surface area contributed by atoms with E-state index in [1.165, 1.54) is 16.3 Å². The van der Waals surface area contributed by atoms with Crippen molar-refractivity contribution < 1.29 is 4.79 Å². The number of rotatable bonds is 4. The number of nitrogens with two attached hydrogens (primary N) is 1. The van der Waals surface area contributed by atoms with Crippen LogP contribution in [0.1, 0.15) is 18.4 Å². The lowest BCUT2D eigenvalue weighted by atomic mass is 10.0. The van der Waals surface area contributed by atoms with E-state index in [1.807, 2.05) is 11.0 Å². The van der Waals surface area contributed by atoms with Crippen molar-refractivity contribution in [2.75, 3.05) is 19.6 Å². The first-order chi connectivity index (χ1) is 10.3.